The molecule has 4 nitrogen and oxygen atoms in total. The van der Waals surface area contributed by atoms with Gasteiger partial charge in [0.1, 0.15) is 0 Å². The molecule has 23 heavy (non-hydrogen) atoms. The number of benzene rings is 2. The summed E-state index contributed by atoms with van der Waals surface area (Å²) < 4.78 is 4.91. The number of ether oxygens (including phenoxy) is 1. The van der Waals surface area contributed by atoms with Gasteiger partial charge in [-0.05, 0) is 42.2 Å². The van der Waals surface area contributed by atoms with Gasteiger partial charge < -0.3 is 4.74 Å². The Morgan fingerprint density at radius 3 is 2.70 bits per heavy atom. The lowest BCUT2D eigenvalue weighted by Crippen LogP contribution is -2.19. The Labute approximate surface area is 137 Å². The van der Waals surface area contributed by atoms with Crippen LogP contribution in [0.5, 0.6) is 0 Å². The summed E-state index contributed by atoms with van der Waals surface area (Å²) in [5.41, 5.74) is 4.79. The Balaban J connectivity index is 1.57. The van der Waals surface area contributed by atoms with Gasteiger partial charge in [-0.25, -0.2) is 4.79 Å². The molecule has 2 aromatic rings. The molecule has 0 aromatic heterocycles. The maximum absolute atomic E-state index is 11.5. The number of nitrogens with one attached hydrogen (secondary N) is 1. The summed E-state index contributed by atoms with van der Waals surface area (Å²) in [6.45, 7) is 5.12. The lowest BCUT2D eigenvalue weighted by molar-refractivity contribution is 0.168. The van der Waals surface area contributed by atoms with Crippen molar-refractivity contribution in [2.75, 3.05) is 18.5 Å². The molecule has 1 amide bonds. The summed E-state index contributed by atoms with van der Waals surface area (Å²) in [5.74, 6) is 0. The van der Waals surface area contributed by atoms with Gasteiger partial charge in [0.05, 0.1) is 6.61 Å². The predicted octanol–water partition coefficient (Wildman–Crippen LogP) is 3.81. The molecule has 0 saturated carbocycles. The Hall–Kier alpha value is -2.33. The predicted molar refractivity (Wildman–Crippen MR) is 91.3 cm³/mol. The Kier molecular flexibility index (Phi) is 4.93. The number of carbonyl (C=O) groups excluding carboxylic acids is 1. The van der Waals surface area contributed by atoms with Gasteiger partial charge in [-0.3, -0.25) is 10.2 Å². The van der Waals surface area contributed by atoms with Crippen molar-refractivity contribution < 1.29 is 9.53 Å². The van der Waals surface area contributed by atoms with E-state index in [4.69, 9.17) is 4.74 Å². The van der Waals surface area contributed by atoms with E-state index < -0.39 is 6.09 Å². The van der Waals surface area contributed by atoms with Crippen LogP contribution in [0.15, 0.2) is 48.5 Å². The van der Waals surface area contributed by atoms with Crippen LogP contribution >= 0.6 is 0 Å². The van der Waals surface area contributed by atoms with E-state index in [0.717, 1.165) is 31.7 Å². The van der Waals surface area contributed by atoms with Crippen LogP contribution in [-0.2, 0) is 24.2 Å². The van der Waals surface area contributed by atoms with Crippen LogP contribution in [0.1, 0.15) is 23.6 Å². The average molecular weight is 310 g/mol. The Morgan fingerprint density at radius 2 is 1.91 bits per heavy atom. The molecule has 1 aliphatic rings. The summed E-state index contributed by atoms with van der Waals surface area (Å²) in [6, 6.07) is 16.6. The lowest BCUT2D eigenvalue weighted by atomic mass is 10.1. The molecule has 120 valence electrons. The van der Waals surface area contributed by atoms with Crippen LogP contribution in [0.2, 0.25) is 0 Å². The minimum atomic E-state index is -0.397. The maximum atomic E-state index is 11.5. The van der Waals surface area contributed by atoms with Gasteiger partial charge in [0.25, 0.3) is 0 Å². The number of hydrogen-bond donors (Lipinski definition) is 1. The third-order valence-electron chi connectivity index (χ3n) is 4.08. The van der Waals surface area contributed by atoms with Crippen molar-refractivity contribution >= 4 is 11.8 Å². The SMILES string of the molecule is CCOC(=O)Nc1ccc2c(c1)CN(CCc1ccccc1)C2. The van der Waals surface area contributed by atoms with Crippen LogP contribution < -0.4 is 5.32 Å². The molecule has 1 N–H and O–H groups in total. The van der Waals surface area contributed by atoms with Crippen LogP contribution in [0.4, 0.5) is 10.5 Å². The second kappa shape index (κ2) is 7.29. The summed E-state index contributed by atoms with van der Waals surface area (Å²) in [7, 11) is 0. The molecule has 0 atom stereocenters. The van der Waals surface area contributed by atoms with E-state index in [1.54, 1.807) is 6.92 Å². The van der Waals surface area contributed by atoms with Crippen molar-refractivity contribution in [3.63, 3.8) is 0 Å². The van der Waals surface area contributed by atoms with E-state index >= 15 is 0 Å². The van der Waals surface area contributed by atoms with Crippen LogP contribution in [0.3, 0.4) is 0 Å². The van der Waals surface area contributed by atoms with Gasteiger partial charge in [0.2, 0.25) is 0 Å². The molecule has 0 unspecified atom stereocenters. The number of carbonyl (C=O) groups is 1. The zero-order valence-corrected chi connectivity index (χ0v) is 13.4. The van der Waals surface area contributed by atoms with Gasteiger partial charge in [-0.15, -0.1) is 0 Å². The normalized spacial score (nSPS) is 13.6. The summed E-state index contributed by atoms with van der Waals surface area (Å²) in [5, 5.41) is 2.77. The number of hydrogen-bond acceptors (Lipinski definition) is 3. The molecule has 1 heterocycles. The molecule has 0 spiro atoms. The first-order chi connectivity index (χ1) is 11.2. The van der Waals surface area contributed by atoms with E-state index in [1.807, 2.05) is 12.1 Å². The highest BCUT2D eigenvalue weighted by molar-refractivity contribution is 5.84. The van der Waals surface area contributed by atoms with Gasteiger partial charge >= 0.3 is 6.09 Å². The number of rotatable bonds is 5. The number of nitrogens with zero attached hydrogens (tertiary/aromatic N) is 1. The smallest absolute Gasteiger partial charge is 0.411 e. The van der Waals surface area contributed by atoms with E-state index in [0.29, 0.717) is 6.61 Å². The van der Waals surface area contributed by atoms with Gasteiger partial charge in [0, 0.05) is 25.3 Å². The Bertz CT molecular complexity index is 670. The van der Waals surface area contributed by atoms with Gasteiger partial charge in [-0.1, -0.05) is 36.4 Å². The molecule has 0 bridgehead atoms. The van der Waals surface area contributed by atoms with E-state index in [1.165, 1.54) is 16.7 Å². The maximum Gasteiger partial charge on any atom is 0.411 e. The first-order valence-electron chi connectivity index (χ1n) is 8.06. The third-order valence-corrected chi connectivity index (χ3v) is 4.08. The molecule has 2 aromatic carbocycles. The average Bonchev–Trinajstić information content (AvgIpc) is 2.96. The standard InChI is InChI=1S/C19H22N2O2/c1-2-23-19(22)20-18-9-8-16-13-21(14-17(16)12-18)11-10-15-6-4-3-5-7-15/h3-9,12H,2,10-11,13-14H2,1H3,(H,20,22). The number of fused-ring (bicyclic) bond motifs is 1. The molecular weight excluding hydrogens is 288 g/mol. The highest BCUT2D eigenvalue weighted by Gasteiger charge is 2.19. The van der Waals surface area contributed by atoms with Crippen molar-refractivity contribution in [3.05, 3.63) is 65.2 Å². The fourth-order valence-corrected chi connectivity index (χ4v) is 2.92. The molecule has 4 heteroatoms. The fraction of sp³-hybridized carbons (Fsp3) is 0.316. The molecule has 0 aliphatic carbocycles. The molecule has 1 aliphatic heterocycles. The van der Waals surface area contributed by atoms with Crippen molar-refractivity contribution in [2.24, 2.45) is 0 Å². The van der Waals surface area contributed by atoms with Crippen molar-refractivity contribution in [3.8, 4) is 0 Å². The Morgan fingerprint density at radius 1 is 1.13 bits per heavy atom. The molecular formula is C19H22N2O2. The van der Waals surface area contributed by atoms with Crippen LogP contribution in [0.25, 0.3) is 0 Å². The second-order valence-corrected chi connectivity index (χ2v) is 5.78. The van der Waals surface area contributed by atoms with E-state index in [-0.39, 0.29) is 0 Å². The van der Waals surface area contributed by atoms with Gasteiger partial charge in [-0.2, -0.15) is 0 Å². The highest BCUT2D eigenvalue weighted by Crippen LogP contribution is 2.26. The summed E-state index contributed by atoms with van der Waals surface area (Å²) in [4.78, 5) is 13.9. The minimum Gasteiger partial charge on any atom is -0.450 e. The van der Waals surface area contributed by atoms with Crippen molar-refractivity contribution in [1.29, 1.82) is 0 Å². The van der Waals surface area contributed by atoms with Crippen LogP contribution in [0, 0.1) is 0 Å². The first-order valence-corrected chi connectivity index (χ1v) is 8.06. The molecule has 0 saturated heterocycles. The highest BCUT2D eigenvalue weighted by atomic mass is 16.5. The van der Waals surface area contributed by atoms with E-state index in [9.17, 15) is 4.79 Å². The lowest BCUT2D eigenvalue weighted by Gasteiger charge is -2.14. The quantitative estimate of drug-likeness (QED) is 0.913. The number of anilines is 1. The monoisotopic (exact) mass is 310 g/mol. The zero-order valence-electron chi connectivity index (χ0n) is 13.4. The van der Waals surface area contributed by atoms with Crippen molar-refractivity contribution in [2.45, 2.75) is 26.4 Å². The fourth-order valence-electron chi connectivity index (χ4n) is 2.92. The largest absolute Gasteiger partial charge is 0.450 e. The van der Waals surface area contributed by atoms with E-state index in [2.05, 4.69) is 46.6 Å². The van der Waals surface area contributed by atoms with Crippen molar-refractivity contribution in [1.82, 2.24) is 4.90 Å². The number of amides is 1. The van der Waals surface area contributed by atoms with Crippen LogP contribution in [-0.4, -0.2) is 24.1 Å². The first kappa shape index (κ1) is 15.6. The second-order valence-electron chi connectivity index (χ2n) is 5.78. The minimum absolute atomic E-state index is 0.379. The summed E-state index contributed by atoms with van der Waals surface area (Å²) in [6.07, 6.45) is 0.661. The molecule has 3 rings (SSSR count). The molecule has 0 radical (unpaired) electrons. The third kappa shape index (κ3) is 4.11. The topological polar surface area (TPSA) is 41.6 Å². The summed E-state index contributed by atoms with van der Waals surface area (Å²) >= 11 is 0. The zero-order chi connectivity index (χ0) is 16.1. The molecule has 0 fully saturated rings. The van der Waals surface area contributed by atoms with Gasteiger partial charge in [0.15, 0.2) is 0 Å².